The Morgan fingerprint density at radius 2 is 0.915 bits per heavy atom. The zero-order valence-electron chi connectivity index (χ0n) is 49.3. The first kappa shape index (κ1) is 26.3. The highest BCUT2D eigenvalue weighted by molar-refractivity contribution is 5.87. The second-order valence-corrected chi connectivity index (χ2v) is 17.4. The summed E-state index contributed by atoms with van der Waals surface area (Å²) in [6, 6.07) is 15.1. The van der Waals surface area contributed by atoms with E-state index in [9.17, 15) is 2.74 Å². The SMILES string of the molecule is [2H]C([2H])([2H])c1c[n+](C)c(-c2c(C)ccc3c2Cc2nc(C)cc(C([2H])([2H])[2H])c2-3)cc1C1([2H])CCCC1.[2H]C([2H])([2H])c1c[n+](C)c(-c2c(C)ccc3c2Cc2nc(C)cc(C([2H])([2H])[2H])c2-3)cc1C1([2H])CCCCC1. The van der Waals surface area contributed by atoms with Gasteiger partial charge in [0.2, 0.25) is 11.4 Å². The smallest absolute Gasteiger partial charge is 0.213 e. The molecule has 0 saturated heterocycles. The first-order chi connectivity index (χ1) is 33.9. The second-order valence-electron chi connectivity index (χ2n) is 17.4. The van der Waals surface area contributed by atoms with Crippen LogP contribution in [-0.4, -0.2) is 9.97 Å². The molecule has 4 nitrogen and oxygen atoms in total. The van der Waals surface area contributed by atoms with Crippen LogP contribution in [0.2, 0.25) is 0 Å². The quantitative estimate of drug-likeness (QED) is 0.166. The number of pyridine rings is 4. The molecule has 0 amide bonds. The molecule has 4 heterocycles. The van der Waals surface area contributed by atoms with E-state index < -0.39 is 39.2 Å². The lowest BCUT2D eigenvalue weighted by molar-refractivity contribution is -0.661. The van der Waals surface area contributed by atoms with Gasteiger partial charge in [0, 0.05) is 77.8 Å². The van der Waals surface area contributed by atoms with Gasteiger partial charge >= 0.3 is 0 Å². The summed E-state index contributed by atoms with van der Waals surface area (Å²) in [6.07, 6.45) is 11.7. The van der Waals surface area contributed by atoms with Crippen LogP contribution in [0.4, 0.5) is 0 Å². The van der Waals surface area contributed by atoms with Crippen molar-refractivity contribution in [3.05, 3.63) is 139 Å². The molecule has 2 saturated carbocycles. The van der Waals surface area contributed by atoms with E-state index in [0.29, 0.717) is 83.3 Å². The van der Waals surface area contributed by atoms with Gasteiger partial charge in [-0.2, -0.15) is 0 Å². The maximum Gasteiger partial charge on any atom is 0.213 e. The average molecular weight is 795 g/mol. The summed E-state index contributed by atoms with van der Waals surface area (Å²) in [5.74, 6) is -1.86. The van der Waals surface area contributed by atoms with Crippen LogP contribution in [0.25, 0.3) is 44.8 Å². The Kier molecular flexibility index (Phi) is 6.94. The molecule has 4 aromatic heterocycles. The van der Waals surface area contributed by atoms with Gasteiger partial charge in [0.05, 0.1) is 22.5 Å². The molecule has 302 valence electrons. The summed E-state index contributed by atoms with van der Waals surface area (Å²) in [5.41, 5.74) is 15.9. The first-order valence-corrected chi connectivity index (χ1v) is 21.3. The minimum absolute atomic E-state index is 0.237. The van der Waals surface area contributed by atoms with Crippen molar-refractivity contribution in [1.82, 2.24) is 9.97 Å². The van der Waals surface area contributed by atoms with Crippen molar-refractivity contribution in [3.63, 3.8) is 0 Å². The van der Waals surface area contributed by atoms with Gasteiger partial charge in [0.15, 0.2) is 12.4 Å². The van der Waals surface area contributed by atoms with E-state index in [-0.39, 0.29) is 11.1 Å². The molecule has 0 bridgehead atoms. The largest absolute Gasteiger partial charge is 0.257 e. The molecule has 0 unspecified atom stereocenters. The number of aromatic nitrogens is 4. The number of hydrogen-bond donors (Lipinski definition) is 0. The molecule has 2 aromatic carbocycles. The monoisotopic (exact) mass is 795 g/mol. The Labute approximate surface area is 373 Å². The zero-order valence-corrected chi connectivity index (χ0v) is 35.3. The Morgan fingerprint density at radius 3 is 1.32 bits per heavy atom. The first-order valence-electron chi connectivity index (χ1n) is 28.3. The van der Waals surface area contributed by atoms with Crippen molar-refractivity contribution in [1.29, 1.82) is 0 Å². The summed E-state index contributed by atoms with van der Waals surface area (Å²) < 4.78 is 120. The molecule has 4 heteroatoms. The van der Waals surface area contributed by atoms with Crippen LogP contribution in [0.1, 0.15) is 167 Å². The van der Waals surface area contributed by atoms with Gasteiger partial charge in [-0.15, -0.1) is 0 Å². The summed E-state index contributed by atoms with van der Waals surface area (Å²) in [4.78, 5) is 9.42. The predicted octanol–water partition coefficient (Wildman–Crippen LogP) is 12.5. The number of fused-ring (bicyclic) bond motifs is 6. The maximum absolute atomic E-state index is 9.31. The van der Waals surface area contributed by atoms with Gasteiger partial charge in [-0.05, 0) is 160 Å². The van der Waals surface area contributed by atoms with Crippen molar-refractivity contribution in [2.24, 2.45) is 14.1 Å². The predicted molar refractivity (Wildman–Crippen MR) is 243 cm³/mol. The van der Waals surface area contributed by atoms with Crippen LogP contribution in [0.5, 0.6) is 0 Å². The summed E-state index contributed by atoms with van der Waals surface area (Å²) in [7, 11) is 3.69. The average Bonchev–Trinajstić information content (AvgIpc) is 4.00. The summed E-state index contributed by atoms with van der Waals surface area (Å²) in [5, 5.41) is 0. The van der Waals surface area contributed by atoms with E-state index in [1.807, 2.05) is 87.3 Å². The lowest BCUT2D eigenvalue weighted by Gasteiger charge is -2.23. The molecular weight excluding hydrogens is 717 g/mol. The van der Waals surface area contributed by atoms with Gasteiger partial charge in [-0.3, -0.25) is 9.97 Å². The molecule has 0 radical (unpaired) electrons. The van der Waals surface area contributed by atoms with Crippen LogP contribution in [0, 0.1) is 55.1 Å². The third-order valence-electron chi connectivity index (χ3n) is 13.2. The van der Waals surface area contributed by atoms with Crippen LogP contribution in [0.15, 0.2) is 60.9 Å². The van der Waals surface area contributed by atoms with E-state index >= 15 is 0 Å². The Hall–Kier alpha value is -4.96. The van der Waals surface area contributed by atoms with E-state index in [2.05, 4.69) is 0 Å². The van der Waals surface area contributed by atoms with E-state index in [1.54, 1.807) is 24.5 Å². The topological polar surface area (TPSA) is 33.5 Å². The van der Waals surface area contributed by atoms with Crippen molar-refractivity contribution in [2.75, 3.05) is 0 Å². The fraction of sp³-hybridized carbons (Fsp3) is 0.418. The van der Waals surface area contributed by atoms with Crippen molar-refractivity contribution in [2.45, 2.75) is 138 Å². The molecule has 2 fully saturated rings. The molecule has 0 aliphatic heterocycles. The molecule has 0 atom stereocenters. The van der Waals surface area contributed by atoms with Crippen molar-refractivity contribution >= 4 is 0 Å². The normalized spacial score (nSPS) is 21.2. The highest BCUT2D eigenvalue weighted by Gasteiger charge is 2.32. The van der Waals surface area contributed by atoms with E-state index in [4.69, 9.17) is 26.4 Å². The van der Waals surface area contributed by atoms with Gasteiger partial charge < -0.3 is 0 Å². The Bertz CT molecular complexity index is 3200. The number of benzene rings is 2. The number of aryl methyl sites for hydroxylation is 10. The lowest BCUT2D eigenvalue weighted by atomic mass is 9.82. The third-order valence-corrected chi connectivity index (χ3v) is 13.2. The summed E-state index contributed by atoms with van der Waals surface area (Å²) in [6.45, 7) is -1.48. The van der Waals surface area contributed by atoms with Crippen LogP contribution in [0.3, 0.4) is 0 Å². The van der Waals surface area contributed by atoms with E-state index in [1.165, 1.54) is 0 Å². The molecular formula is C55H64N4+2. The molecule has 6 aromatic rings. The third kappa shape index (κ3) is 7.05. The summed E-state index contributed by atoms with van der Waals surface area (Å²) >= 11 is 0. The van der Waals surface area contributed by atoms with Gasteiger partial charge in [0.1, 0.15) is 14.1 Å². The van der Waals surface area contributed by atoms with Crippen LogP contribution in [-0.2, 0) is 26.9 Å². The fourth-order valence-electron chi connectivity index (χ4n) is 10.4. The molecule has 10 rings (SSSR count). The molecule has 0 N–H and O–H groups in total. The molecule has 0 spiro atoms. The van der Waals surface area contributed by atoms with E-state index in [0.717, 1.165) is 99.4 Å². The lowest BCUT2D eigenvalue weighted by Crippen LogP contribution is -2.32. The molecule has 4 aliphatic carbocycles. The van der Waals surface area contributed by atoms with Crippen LogP contribution >= 0.6 is 0 Å². The Morgan fingerprint density at radius 1 is 0.508 bits per heavy atom. The van der Waals surface area contributed by atoms with Gasteiger partial charge in [-0.25, -0.2) is 9.13 Å². The highest BCUT2D eigenvalue weighted by Crippen LogP contribution is 2.46. The van der Waals surface area contributed by atoms with Gasteiger partial charge in [-0.1, -0.05) is 56.4 Å². The number of rotatable bonds is 4. The molecule has 59 heavy (non-hydrogen) atoms. The zero-order chi connectivity index (χ0) is 53.1. The van der Waals surface area contributed by atoms with Gasteiger partial charge in [0.25, 0.3) is 0 Å². The Balaban J connectivity index is 0.000000180. The second kappa shape index (κ2) is 15.6. The van der Waals surface area contributed by atoms with Crippen molar-refractivity contribution in [3.8, 4) is 44.8 Å². The maximum atomic E-state index is 9.31. The minimum Gasteiger partial charge on any atom is -0.257 e. The fourth-order valence-corrected chi connectivity index (χ4v) is 10.4. The standard InChI is InChI=1S/C28H33N2.C27H31N2/c1-17-11-12-22-24(14-25-27(22)18(2)13-20(4)29-25)28(17)26-15-23(19(3)16-30(26)5)21-9-7-6-8-10-21;1-16-10-11-21-23(13-24-26(21)17(2)12-19(4)28-24)27(16)25-14-22(18(3)15-29(25)5)20-8-6-7-9-20/h11-13,15-16,21H,6-10,14H2,1-5H3;10-12,14-15,20H,6-9,13H2,1-5H3/q2*+1/i2D3,3D3,21D;2D3,3D3,20D. The number of hydrogen-bond acceptors (Lipinski definition) is 2. The van der Waals surface area contributed by atoms with Crippen LogP contribution < -0.4 is 9.13 Å². The molecule has 4 aliphatic rings. The number of nitrogens with zero attached hydrogens (tertiary/aromatic N) is 4. The van der Waals surface area contributed by atoms with Crippen molar-refractivity contribution < 1.29 is 28.3 Å². The minimum atomic E-state index is -2.32. The highest BCUT2D eigenvalue weighted by atomic mass is 14.9.